The Labute approximate surface area is 112 Å². The van der Waals surface area contributed by atoms with Gasteiger partial charge in [0.25, 0.3) is 0 Å². The van der Waals surface area contributed by atoms with Crippen LogP contribution in [-0.4, -0.2) is 24.1 Å². The van der Waals surface area contributed by atoms with Gasteiger partial charge in [-0.05, 0) is 18.6 Å². The van der Waals surface area contributed by atoms with Crippen molar-refractivity contribution in [2.75, 3.05) is 13.1 Å². The predicted octanol–water partition coefficient (Wildman–Crippen LogP) is 2.05. The molecule has 18 heavy (non-hydrogen) atoms. The van der Waals surface area contributed by atoms with Gasteiger partial charge in [-0.15, -0.1) is 0 Å². The maximum Gasteiger partial charge on any atom is 0.221 e. The first-order valence-electron chi connectivity index (χ1n) is 6.09. The minimum atomic E-state index is 0.0349. The lowest BCUT2D eigenvalue weighted by molar-refractivity contribution is -0.120. The second-order valence-corrected chi connectivity index (χ2v) is 4.42. The molecular weight excluding hydrogens is 252 g/mol. The third-order valence-electron chi connectivity index (χ3n) is 2.50. The second kappa shape index (κ2) is 7.95. The molecule has 0 aromatic heterocycles. The SMILES string of the molecule is CCCNC(=O)CCNCc1c(O)cccc1Cl. The Kier molecular flexibility index (Phi) is 6.54. The van der Waals surface area contributed by atoms with Gasteiger partial charge in [-0.25, -0.2) is 0 Å². The van der Waals surface area contributed by atoms with E-state index in [1.807, 2.05) is 6.92 Å². The molecule has 0 unspecified atom stereocenters. The molecule has 0 heterocycles. The standard InChI is InChI=1S/C13H19ClN2O2/c1-2-7-16-13(18)6-8-15-9-10-11(14)4-3-5-12(10)17/h3-5,15,17H,2,6-9H2,1H3,(H,16,18). The van der Waals surface area contributed by atoms with Crippen molar-refractivity contribution in [1.29, 1.82) is 0 Å². The van der Waals surface area contributed by atoms with E-state index < -0.39 is 0 Å². The number of phenols is 1. The molecule has 1 aromatic rings. The van der Waals surface area contributed by atoms with Crippen molar-refractivity contribution in [2.45, 2.75) is 26.3 Å². The number of hydrogen-bond donors (Lipinski definition) is 3. The summed E-state index contributed by atoms with van der Waals surface area (Å²) in [6, 6.07) is 5.02. The first-order chi connectivity index (χ1) is 8.65. The molecule has 100 valence electrons. The quantitative estimate of drug-likeness (QED) is 0.665. The fourth-order valence-electron chi connectivity index (χ4n) is 1.49. The van der Waals surface area contributed by atoms with E-state index in [2.05, 4.69) is 10.6 Å². The third-order valence-corrected chi connectivity index (χ3v) is 2.85. The van der Waals surface area contributed by atoms with Crippen LogP contribution in [0.15, 0.2) is 18.2 Å². The average Bonchev–Trinajstić information content (AvgIpc) is 2.35. The number of aromatic hydroxyl groups is 1. The molecule has 1 rings (SSSR count). The Morgan fingerprint density at radius 2 is 2.17 bits per heavy atom. The lowest BCUT2D eigenvalue weighted by atomic mass is 10.2. The highest BCUT2D eigenvalue weighted by Gasteiger charge is 2.05. The van der Waals surface area contributed by atoms with Gasteiger partial charge in [0.2, 0.25) is 5.91 Å². The van der Waals surface area contributed by atoms with Gasteiger partial charge in [0.05, 0.1) is 0 Å². The zero-order valence-electron chi connectivity index (χ0n) is 10.5. The normalized spacial score (nSPS) is 10.3. The molecule has 0 aliphatic carbocycles. The first kappa shape index (κ1) is 14.8. The Morgan fingerprint density at radius 3 is 2.83 bits per heavy atom. The molecule has 1 aromatic carbocycles. The van der Waals surface area contributed by atoms with Crippen molar-refractivity contribution in [3.05, 3.63) is 28.8 Å². The topological polar surface area (TPSA) is 61.4 Å². The minimum Gasteiger partial charge on any atom is -0.508 e. The number of benzene rings is 1. The maximum absolute atomic E-state index is 11.3. The number of phenolic OH excluding ortho intramolecular Hbond substituents is 1. The molecule has 4 nitrogen and oxygen atoms in total. The summed E-state index contributed by atoms with van der Waals surface area (Å²) in [5.41, 5.74) is 0.660. The lowest BCUT2D eigenvalue weighted by Gasteiger charge is -2.08. The Morgan fingerprint density at radius 1 is 1.39 bits per heavy atom. The van der Waals surface area contributed by atoms with Gasteiger partial charge in [-0.3, -0.25) is 4.79 Å². The highest BCUT2D eigenvalue weighted by atomic mass is 35.5. The average molecular weight is 271 g/mol. The zero-order valence-corrected chi connectivity index (χ0v) is 11.3. The summed E-state index contributed by atoms with van der Waals surface area (Å²) in [5, 5.41) is 16.0. The molecule has 0 saturated carbocycles. The summed E-state index contributed by atoms with van der Waals surface area (Å²) >= 11 is 5.96. The van der Waals surface area contributed by atoms with Gasteiger partial charge in [0.1, 0.15) is 5.75 Å². The van der Waals surface area contributed by atoms with E-state index in [4.69, 9.17) is 11.6 Å². The molecule has 0 aliphatic heterocycles. The summed E-state index contributed by atoms with van der Waals surface area (Å²) in [6.45, 7) is 3.73. The lowest BCUT2D eigenvalue weighted by Crippen LogP contribution is -2.28. The van der Waals surface area contributed by atoms with E-state index >= 15 is 0 Å². The number of nitrogens with one attached hydrogen (secondary N) is 2. The van der Waals surface area contributed by atoms with E-state index in [1.165, 1.54) is 0 Å². The zero-order chi connectivity index (χ0) is 13.4. The van der Waals surface area contributed by atoms with Crippen LogP contribution < -0.4 is 10.6 Å². The molecular formula is C13H19ClN2O2. The smallest absolute Gasteiger partial charge is 0.221 e. The van der Waals surface area contributed by atoms with Gasteiger partial charge in [0.15, 0.2) is 0 Å². The number of carbonyl (C=O) groups is 1. The molecule has 0 saturated heterocycles. The van der Waals surface area contributed by atoms with Crippen LogP contribution in [0, 0.1) is 0 Å². The Hall–Kier alpha value is -1.26. The summed E-state index contributed by atoms with van der Waals surface area (Å²) in [5.74, 6) is 0.207. The largest absolute Gasteiger partial charge is 0.508 e. The van der Waals surface area contributed by atoms with E-state index in [1.54, 1.807) is 18.2 Å². The molecule has 0 bridgehead atoms. The van der Waals surface area contributed by atoms with E-state index in [-0.39, 0.29) is 11.7 Å². The number of carbonyl (C=O) groups excluding carboxylic acids is 1. The molecule has 0 radical (unpaired) electrons. The van der Waals surface area contributed by atoms with E-state index in [9.17, 15) is 9.90 Å². The van der Waals surface area contributed by atoms with Crippen molar-refractivity contribution in [1.82, 2.24) is 10.6 Å². The fraction of sp³-hybridized carbons (Fsp3) is 0.462. The van der Waals surface area contributed by atoms with Crippen molar-refractivity contribution in [2.24, 2.45) is 0 Å². The van der Waals surface area contributed by atoms with Crippen molar-refractivity contribution in [3.8, 4) is 5.75 Å². The van der Waals surface area contributed by atoms with Crippen molar-refractivity contribution >= 4 is 17.5 Å². The molecule has 0 aliphatic rings. The highest BCUT2D eigenvalue weighted by Crippen LogP contribution is 2.24. The first-order valence-corrected chi connectivity index (χ1v) is 6.46. The molecule has 0 fully saturated rings. The van der Waals surface area contributed by atoms with Crippen LogP contribution in [-0.2, 0) is 11.3 Å². The molecule has 0 spiro atoms. The number of hydrogen-bond acceptors (Lipinski definition) is 3. The Balaban J connectivity index is 2.28. The predicted molar refractivity (Wildman–Crippen MR) is 72.7 cm³/mol. The van der Waals surface area contributed by atoms with Gasteiger partial charge >= 0.3 is 0 Å². The highest BCUT2D eigenvalue weighted by molar-refractivity contribution is 6.31. The molecule has 3 N–H and O–H groups in total. The van der Waals surface area contributed by atoms with Crippen LogP contribution in [0.2, 0.25) is 5.02 Å². The van der Waals surface area contributed by atoms with Gasteiger partial charge in [-0.2, -0.15) is 0 Å². The van der Waals surface area contributed by atoms with Crippen LogP contribution in [0.3, 0.4) is 0 Å². The van der Waals surface area contributed by atoms with Crippen LogP contribution in [0.5, 0.6) is 5.75 Å². The summed E-state index contributed by atoms with van der Waals surface area (Å²) < 4.78 is 0. The third kappa shape index (κ3) is 4.94. The van der Waals surface area contributed by atoms with E-state index in [0.717, 1.165) is 6.42 Å². The minimum absolute atomic E-state index is 0.0349. The van der Waals surface area contributed by atoms with Crippen molar-refractivity contribution in [3.63, 3.8) is 0 Å². The van der Waals surface area contributed by atoms with Gasteiger partial charge in [0, 0.05) is 36.6 Å². The molecule has 1 amide bonds. The van der Waals surface area contributed by atoms with Crippen LogP contribution in [0.1, 0.15) is 25.3 Å². The van der Waals surface area contributed by atoms with Crippen LogP contribution >= 0.6 is 11.6 Å². The maximum atomic E-state index is 11.3. The number of rotatable bonds is 7. The van der Waals surface area contributed by atoms with Crippen LogP contribution in [0.4, 0.5) is 0 Å². The van der Waals surface area contributed by atoms with Gasteiger partial charge in [-0.1, -0.05) is 24.6 Å². The summed E-state index contributed by atoms with van der Waals surface area (Å²) in [4.78, 5) is 11.3. The van der Waals surface area contributed by atoms with Crippen molar-refractivity contribution < 1.29 is 9.90 Å². The summed E-state index contributed by atoms with van der Waals surface area (Å²) in [6.07, 6.45) is 1.36. The monoisotopic (exact) mass is 270 g/mol. The van der Waals surface area contributed by atoms with Gasteiger partial charge < -0.3 is 15.7 Å². The number of halogens is 1. The second-order valence-electron chi connectivity index (χ2n) is 4.01. The Bertz CT molecular complexity index is 376. The fourth-order valence-corrected chi connectivity index (χ4v) is 1.73. The van der Waals surface area contributed by atoms with E-state index in [0.29, 0.717) is 36.6 Å². The molecule has 0 atom stereocenters. The number of amides is 1. The molecule has 5 heteroatoms. The van der Waals surface area contributed by atoms with Crippen LogP contribution in [0.25, 0.3) is 0 Å². The summed E-state index contributed by atoms with van der Waals surface area (Å²) in [7, 11) is 0.